The van der Waals surface area contributed by atoms with Crippen molar-refractivity contribution in [2.75, 3.05) is 44.6 Å². The Morgan fingerprint density at radius 3 is 2.56 bits per heavy atom. The number of hydrogen-bond acceptors (Lipinski definition) is 4. The quantitative estimate of drug-likeness (QED) is 0.641. The molecule has 1 aromatic rings. The van der Waals surface area contributed by atoms with Gasteiger partial charge in [0.25, 0.3) is 0 Å². The molecule has 1 aromatic carbocycles. The van der Waals surface area contributed by atoms with Gasteiger partial charge in [-0.1, -0.05) is 36.5 Å². The van der Waals surface area contributed by atoms with E-state index in [4.69, 9.17) is 23.2 Å². The Morgan fingerprint density at radius 2 is 1.89 bits per heavy atom. The minimum absolute atomic E-state index is 0.0679. The minimum atomic E-state index is -0.291. The number of halogens is 2. The maximum absolute atomic E-state index is 12.5. The van der Waals surface area contributed by atoms with E-state index in [1.165, 1.54) is 0 Å². The summed E-state index contributed by atoms with van der Waals surface area (Å²) in [4.78, 5) is 28.7. The predicted octanol–water partition coefficient (Wildman–Crippen LogP) is 2.85. The maximum atomic E-state index is 12.5. The molecule has 0 spiro atoms. The normalized spacial score (nSPS) is 16.7. The Bertz CT molecular complexity index is 649. The zero-order valence-electron chi connectivity index (χ0n) is 15.9. The van der Waals surface area contributed by atoms with Crippen molar-refractivity contribution in [1.82, 2.24) is 15.1 Å². The average molecular weight is 415 g/mol. The summed E-state index contributed by atoms with van der Waals surface area (Å²) in [6, 6.07) is 4.69. The first-order valence-electron chi connectivity index (χ1n) is 9.39. The lowest BCUT2D eigenvalue weighted by Gasteiger charge is -2.37. The molecule has 0 aliphatic carbocycles. The molecule has 2 N–H and O–H groups in total. The fourth-order valence-corrected chi connectivity index (χ4v) is 3.31. The molecule has 8 heteroatoms. The van der Waals surface area contributed by atoms with Gasteiger partial charge in [-0.15, -0.1) is 0 Å². The molecule has 1 aliphatic heterocycles. The molecule has 27 heavy (non-hydrogen) atoms. The van der Waals surface area contributed by atoms with Crippen LogP contribution in [-0.2, 0) is 9.59 Å². The standard InChI is InChI=1S/C19H28Cl2N4O2/c1-3-4-7-22-18(26)13-24-8-10-25(11-9-24)14(2)19(27)23-17-12-15(20)5-6-16(17)21/h5-6,12,14H,3-4,7-11,13H2,1-2H3,(H,22,26)(H,23,27). The number of nitrogens with one attached hydrogen (secondary N) is 2. The molecule has 1 aliphatic rings. The SMILES string of the molecule is CCCCNC(=O)CN1CCN(C(C)C(=O)Nc2cc(Cl)ccc2Cl)CC1. The first-order chi connectivity index (χ1) is 12.9. The van der Waals surface area contributed by atoms with Crippen molar-refractivity contribution in [3.8, 4) is 0 Å². The van der Waals surface area contributed by atoms with Crippen LogP contribution in [0.4, 0.5) is 5.69 Å². The van der Waals surface area contributed by atoms with E-state index in [-0.39, 0.29) is 17.9 Å². The molecule has 0 radical (unpaired) electrons. The second-order valence-electron chi connectivity index (χ2n) is 6.81. The summed E-state index contributed by atoms with van der Waals surface area (Å²) in [6.45, 7) is 8.12. The largest absolute Gasteiger partial charge is 0.355 e. The summed E-state index contributed by atoms with van der Waals surface area (Å²) in [6.07, 6.45) is 2.07. The van der Waals surface area contributed by atoms with Gasteiger partial charge in [-0.25, -0.2) is 0 Å². The first-order valence-corrected chi connectivity index (χ1v) is 10.1. The van der Waals surface area contributed by atoms with Crippen molar-refractivity contribution in [1.29, 1.82) is 0 Å². The van der Waals surface area contributed by atoms with Crippen molar-refractivity contribution in [3.63, 3.8) is 0 Å². The summed E-state index contributed by atoms with van der Waals surface area (Å²) >= 11 is 12.1. The fraction of sp³-hybridized carbons (Fsp3) is 0.579. The van der Waals surface area contributed by atoms with E-state index in [1.807, 2.05) is 6.92 Å². The molecule has 150 valence electrons. The van der Waals surface area contributed by atoms with E-state index < -0.39 is 0 Å². The van der Waals surface area contributed by atoms with Crippen LogP contribution in [0, 0.1) is 0 Å². The lowest BCUT2D eigenvalue weighted by Crippen LogP contribution is -2.54. The van der Waals surface area contributed by atoms with E-state index >= 15 is 0 Å². The Labute approximate surface area is 171 Å². The number of benzene rings is 1. The van der Waals surface area contributed by atoms with Crippen molar-refractivity contribution in [2.24, 2.45) is 0 Å². The number of amides is 2. The Balaban J connectivity index is 1.78. The second kappa shape index (κ2) is 10.9. The number of nitrogens with zero attached hydrogens (tertiary/aromatic N) is 2. The van der Waals surface area contributed by atoms with Gasteiger partial charge in [-0.3, -0.25) is 19.4 Å². The van der Waals surface area contributed by atoms with Gasteiger partial charge in [0.1, 0.15) is 0 Å². The molecule has 1 fully saturated rings. The predicted molar refractivity (Wildman–Crippen MR) is 110 cm³/mol. The molecular weight excluding hydrogens is 387 g/mol. The summed E-state index contributed by atoms with van der Waals surface area (Å²) in [5, 5.41) is 6.76. The van der Waals surface area contributed by atoms with E-state index in [2.05, 4.69) is 27.4 Å². The number of piperazine rings is 1. The van der Waals surface area contributed by atoms with E-state index in [0.717, 1.165) is 45.6 Å². The molecule has 6 nitrogen and oxygen atoms in total. The Morgan fingerprint density at radius 1 is 1.19 bits per heavy atom. The summed E-state index contributed by atoms with van der Waals surface area (Å²) in [5.74, 6) is -0.0526. The summed E-state index contributed by atoms with van der Waals surface area (Å²) in [7, 11) is 0. The third-order valence-electron chi connectivity index (χ3n) is 4.74. The van der Waals surface area contributed by atoms with Crippen LogP contribution in [0.1, 0.15) is 26.7 Å². The van der Waals surface area contributed by atoms with Crippen molar-refractivity contribution >= 4 is 40.7 Å². The first kappa shape index (κ1) is 22.0. The van der Waals surface area contributed by atoms with Crippen LogP contribution in [0.15, 0.2) is 18.2 Å². The molecule has 0 aromatic heterocycles. The topological polar surface area (TPSA) is 64.7 Å². The molecule has 1 saturated heterocycles. The molecule has 0 saturated carbocycles. The lowest BCUT2D eigenvalue weighted by atomic mass is 10.2. The molecule has 2 rings (SSSR count). The Kier molecular flexibility index (Phi) is 8.83. The van der Waals surface area contributed by atoms with Crippen LogP contribution >= 0.6 is 23.2 Å². The number of unbranched alkanes of at least 4 members (excludes halogenated alkanes) is 1. The van der Waals surface area contributed by atoms with Crippen LogP contribution in [-0.4, -0.2) is 66.9 Å². The lowest BCUT2D eigenvalue weighted by molar-refractivity contribution is -0.124. The highest BCUT2D eigenvalue weighted by molar-refractivity contribution is 6.35. The van der Waals surface area contributed by atoms with Crippen LogP contribution < -0.4 is 10.6 Å². The molecule has 1 atom stereocenters. The van der Waals surface area contributed by atoms with Crippen molar-refractivity contribution in [2.45, 2.75) is 32.7 Å². The molecule has 1 unspecified atom stereocenters. The number of hydrogen-bond donors (Lipinski definition) is 2. The number of rotatable bonds is 8. The number of anilines is 1. The molecule has 0 bridgehead atoms. The molecular formula is C19H28Cl2N4O2. The maximum Gasteiger partial charge on any atom is 0.241 e. The van der Waals surface area contributed by atoms with E-state index in [9.17, 15) is 9.59 Å². The van der Waals surface area contributed by atoms with Gasteiger partial charge in [-0.05, 0) is 31.5 Å². The van der Waals surface area contributed by atoms with E-state index in [1.54, 1.807) is 18.2 Å². The highest BCUT2D eigenvalue weighted by Crippen LogP contribution is 2.25. The number of carbonyl (C=O) groups excluding carboxylic acids is 2. The zero-order chi connectivity index (χ0) is 19.8. The molecule has 1 heterocycles. The van der Waals surface area contributed by atoms with Gasteiger partial charge in [0.05, 0.1) is 23.3 Å². The summed E-state index contributed by atoms with van der Waals surface area (Å²) in [5.41, 5.74) is 0.517. The highest BCUT2D eigenvalue weighted by Gasteiger charge is 2.26. The minimum Gasteiger partial charge on any atom is -0.355 e. The van der Waals surface area contributed by atoms with Gasteiger partial charge in [0, 0.05) is 37.7 Å². The molecule has 2 amide bonds. The van der Waals surface area contributed by atoms with Gasteiger partial charge in [-0.2, -0.15) is 0 Å². The third kappa shape index (κ3) is 6.96. The Hall–Kier alpha value is -1.34. The van der Waals surface area contributed by atoms with E-state index in [0.29, 0.717) is 22.3 Å². The van der Waals surface area contributed by atoms with Crippen LogP contribution in [0.2, 0.25) is 10.0 Å². The van der Waals surface area contributed by atoms with Crippen molar-refractivity contribution < 1.29 is 9.59 Å². The smallest absolute Gasteiger partial charge is 0.241 e. The number of carbonyl (C=O) groups is 2. The van der Waals surface area contributed by atoms with Gasteiger partial charge in [0.2, 0.25) is 11.8 Å². The second-order valence-corrected chi connectivity index (χ2v) is 7.65. The van der Waals surface area contributed by atoms with Crippen molar-refractivity contribution in [3.05, 3.63) is 28.2 Å². The average Bonchev–Trinajstić information content (AvgIpc) is 2.65. The fourth-order valence-electron chi connectivity index (χ4n) is 2.97. The van der Waals surface area contributed by atoms with Crippen LogP contribution in [0.3, 0.4) is 0 Å². The summed E-state index contributed by atoms with van der Waals surface area (Å²) < 4.78 is 0. The zero-order valence-corrected chi connectivity index (χ0v) is 17.4. The van der Waals surface area contributed by atoms with Crippen LogP contribution in [0.5, 0.6) is 0 Å². The van der Waals surface area contributed by atoms with Gasteiger partial charge < -0.3 is 10.6 Å². The van der Waals surface area contributed by atoms with Gasteiger partial charge in [0.15, 0.2) is 0 Å². The third-order valence-corrected chi connectivity index (χ3v) is 5.30. The van der Waals surface area contributed by atoms with Crippen LogP contribution in [0.25, 0.3) is 0 Å². The monoisotopic (exact) mass is 414 g/mol. The van der Waals surface area contributed by atoms with Gasteiger partial charge >= 0.3 is 0 Å². The highest BCUT2D eigenvalue weighted by atomic mass is 35.5.